The smallest absolute Gasteiger partial charge is 0.00264 e. The Balaban J connectivity index is 0.000000150. The zero-order valence-corrected chi connectivity index (χ0v) is 25.1. The molecule has 0 atom stereocenters. The van der Waals surface area contributed by atoms with Crippen molar-refractivity contribution in [2.45, 2.75) is 20.8 Å². The summed E-state index contributed by atoms with van der Waals surface area (Å²) in [5.74, 6) is 0. The zero-order chi connectivity index (χ0) is 29.6. The van der Waals surface area contributed by atoms with E-state index in [0.29, 0.717) is 0 Å². The molecule has 8 rings (SSSR count). The molecule has 0 aliphatic carbocycles. The molecule has 8 aromatic carbocycles. The molecule has 0 spiro atoms. The fourth-order valence-electron chi connectivity index (χ4n) is 5.85. The Morgan fingerprint density at radius 2 is 0.744 bits per heavy atom. The van der Waals surface area contributed by atoms with Crippen molar-refractivity contribution in [1.29, 1.82) is 0 Å². The molecule has 0 N–H and O–H groups in total. The van der Waals surface area contributed by atoms with E-state index in [0.717, 1.165) is 0 Å². The summed E-state index contributed by atoms with van der Waals surface area (Å²) in [6.07, 6.45) is 0. The molecule has 0 radical (unpaired) electrons. The highest BCUT2D eigenvalue weighted by molar-refractivity contribution is 6.15. The Morgan fingerprint density at radius 3 is 1.28 bits per heavy atom. The molecule has 0 heteroatoms. The summed E-state index contributed by atoms with van der Waals surface area (Å²) in [6.45, 7) is 6.43. The van der Waals surface area contributed by atoms with E-state index in [9.17, 15) is 0 Å². The quantitative estimate of drug-likeness (QED) is 0.178. The molecule has 0 aromatic heterocycles. The van der Waals surface area contributed by atoms with E-state index in [4.69, 9.17) is 0 Å². The molecular formula is C43H36. The first kappa shape index (κ1) is 27.9. The van der Waals surface area contributed by atoms with Gasteiger partial charge < -0.3 is 0 Å². The number of hydrogen-bond acceptors (Lipinski definition) is 0. The third kappa shape index (κ3) is 6.20. The first-order valence-corrected chi connectivity index (χ1v) is 14.9. The monoisotopic (exact) mass is 552 g/mol. The minimum absolute atomic E-state index is 1.28. The van der Waals surface area contributed by atoms with Gasteiger partial charge in [-0.05, 0) is 86.6 Å². The van der Waals surface area contributed by atoms with E-state index in [1.165, 1.54) is 70.9 Å². The van der Waals surface area contributed by atoms with Crippen molar-refractivity contribution in [3.8, 4) is 11.1 Å². The number of fused-ring (bicyclic) bond motifs is 4. The molecule has 8 aromatic rings. The van der Waals surface area contributed by atoms with Crippen LogP contribution in [0.2, 0.25) is 0 Å². The van der Waals surface area contributed by atoms with Crippen LogP contribution in [0.4, 0.5) is 0 Å². The molecule has 0 aliphatic heterocycles. The van der Waals surface area contributed by atoms with Crippen molar-refractivity contribution >= 4 is 43.1 Å². The van der Waals surface area contributed by atoms with Gasteiger partial charge in [-0.3, -0.25) is 0 Å². The third-order valence-electron chi connectivity index (χ3n) is 8.08. The number of aryl methyl sites for hydroxylation is 3. The molecule has 208 valence electrons. The van der Waals surface area contributed by atoms with E-state index >= 15 is 0 Å². The largest absolute Gasteiger partial charge is 0.0622 e. The molecule has 0 amide bonds. The number of rotatable bonds is 1. The lowest BCUT2D eigenvalue weighted by Gasteiger charge is -2.15. The van der Waals surface area contributed by atoms with Crippen LogP contribution in [0.5, 0.6) is 0 Å². The van der Waals surface area contributed by atoms with Gasteiger partial charge in [0.15, 0.2) is 0 Å². The molecule has 0 aliphatic rings. The van der Waals surface area contributed by atoms with Crippen molar-refractivity contribution in [2.24, 2.45) is 0 Å². The molecule has 0 heterocycles. The highest BCUT2D eigenvalue weighted by Gasteiger charge is 2.12. The maximum atomic E-state index is 2.32. The molecule has 43 heavy (non-hydrogen) atoms. The van der Waals surface area contributed by atoms with Gasteiger partial charge in [-0.15, -0.1) is 0 Å². The zero-order valence-electron chi connectivity index (χ0n) is 25.1. The lowest BCUT2D eigenvalue weighted by Crippen LogP contribution is -1.89. The average molecular weight is 553 g/mol. The van der Waals surface area contributed by atoms with Crippen LogP contribution in [0.25, 0.3) is 54.2 Å². The van der Waals surface area contributed by atoms with Gasteiger partial charge in [0.25, 0.3) is 0 Å². The second-order valence-electron chi connectivity index (χ2n) is 11.2. The highest BCUT2D eigenvalue weighted by Crippen LogP contribution is 2.39. The minimum Gasteiger partial charge on any atom is -0.0622 e. The standard InChI is InChI=1S/C25H18.C11H10.C7H8/c1-17-21-10-4-6-12-23(21)25(24-13-7-5-11-22(17)24)20-15-14-18-8-2-3-9-19(18)16-20;1-9-6-7-10-4-2-3-5-11(10)8-9;1-7-5-3-2-4-6-7/h2-16H,1H3;2-8H,1H3;2-6H,1H3. The van der Waals surface area contributed by atoms with Gasteiger partial charge in [-0.1, -0.05) is 169 Å². The van der Waals surface area contributed by atoms with Crippen LogP contribution >= 0.6 is 0 Å². The lowest BCUT2D eigenvalue weighted by atomic mass is 9.88. The Bertz CT molecular complexity index is 2100. The van der Waals surface area contributed by atoms with Crippen molar-refractivity contribution in [3.05, 3.63) is 180 Å². The summed E-state index contributed by atoms with van der Waals surface area (Å²) in [6, 6.07) is 58.1. The number of benzene rings is 8. The number of hydrogen-bond donors (Lipinski definition) is 0. The summed E-state index contributed by atoms with van der Waals surface area (Å²) in [4.78, 5) is 0. The van der Waals surface area contributed by atoms with Crippen molar-refractivity contribution in [3.63, 3.8) is 0 Å². The average Bonchev–Trinajstić information content (AvgIpc) is 3.06. The molecule has 0 saturated heterocycles. The summed E-state index contributed by atoms with van der Waals surface area (Å²) in [5, 5.41) is 10.5. The van der Waals surface area contributed by atoms with Gasteiger partial charge in [0.05, 0.1) is 0 Å². The predicted octanol–water partition coefficient (Wildman–Crippen LogP) is 12.3. The van der Waals surface area contributed by atoms with Crippen LogP contribution in [-0.4, -0.2) is 0 Å². The van der Waals surface area contributed by atoms with Crippen molar-refractivity contribution < 1.29 is 0 Å². The van der Waals surface area contributed by atoms with Gasteiger partial charge >= 0.3 is 0 Å². The molecule has 0 unspecified atom stereocenters. The van der Waals surface area contributed by atoms with Crippen LogP contribution < -0.4 is 0 Å². The van der Waals surface area contributed by atoms with E-state index in [-0.39, 0.29) is 0 Å². The Morgan fingerprint density at radius 1 is 0.302 bits per heavy atom. The molecule has 0 saturated carbocycles. The SMILES string of the molecule is Cc1c2ccccc2c(-c2ccc3ccccc3c2)c2ccccc12.Cc1ccc2ccccc2c1.Cc1ccccc1. The molecule has 0 nitrogen and oxygen atoms in total. The summed E-state index contributed by atoms with van der Waals surface area (Å²) in [5.41, 5.74) is 6.62. The van der Waals surface area contributed by atoms with Crippen LogP contribution in [0.3, 0.4) is 0 Å². The summed E-state index contributed by atoms with van der Waals surface area (Å²) < 4.78 is 0. The fourth-order valence-corrected chi connectivity index (χ4v) is 5.85. The Hall–Kier alpha value is -5.20. The first-order valence-electron chi connectivity index (χ1n) is 14.9. The Labute approximate surface area is 254 Å². The van der Waals surface area contributed by atoms with E-state index < -0.39 is 0 Å². The Kier molecular flexibility index (Phi) is 8.29. The summed E-state index contributed by atoms with van der Waals surface area (Å²) >= 11 is 0. The van der Waals surface area contributed by atoms with Crippen LogP contribution in [-0.2, 0) is 0 Å². The van der Waals surface area contributed by atoms with E-state index in [1.54, 1.807) is 0 Å². The van der Waals surface area contributed by atoms with Gasteiger partial charge in [-0.25, -0.2) is 0 Å². The van der Waals surface area contributed by atoms with Gasteiger partial charge in [0, 0.05) is 0 Å². The van der Waals surface area contributed by atoms with Crippen LogP contribution in [0.15, 0.2) is 164 Å². The third-order valence-corrected chi connectivity index (χ3v) is 8.08. The second-order valence-corrected chi connectivity index (χ2v) is 11.2. The normalized spacial score (nSPS) is 10.7. The van der Waals surface area contributed by atoms with Crippen LogP contribution in [0.1, 0.15) is 16.7 Å². The van der Waals surface area contributed by atoms with Gasteiger partial charge in [-0.2, -0.15) is 0 Å². The van der Waals surface area contributed by atoms with Crippen LogP contribution in [0, 0.1) is 20.8 Å². The predicted molar refractivity (Wildman–Crippen MR) is 189 cm³/mol. The molecular weight excluding hydrogens is 516 g/mol. The van der Waals surface area contributed by atoms with E-state index in [1.807, 2.05) is 18.2 Å². The second kappa shape index (κ2) is 12.8. The maximum absolute atomic E-state index is 2.32. The first-order chi connectivity index (χ1) is 21.1. The summed E-state index contributed by atoms with van der Waals surface area (Å²) in [7, 11) is 0. The molecule has 0 fully saturated rings. The molecule has 0 bridgehead atoms. The van der Waals surface area contributed by atoms with Crippen molar-refractivity contribution in [2.75, 3.05) is 0 Å². The van der Waals surface area contributed by atoms with E-state index in [2.05, 4.69) is 166 Å². The highest BCUT2D eigenvalue weighted by atomic mass is 14.2. The maximum Gasteiger partial charge on any atom is -0.00264 e. The fraction of sp³-hybridized carbons (Fsp3) is 0.0698. The van der Waals surface area contributed by atoms with Gasteiger partial charge in [0.1, 0.15) is 0 Å². The van der Waals surface area contributed by atoms with Gasteiger partial charge in [0.2, 0.25) is 0 Å². The topological polar surface area (TPSA) is 0 Å². The lowest BCUT2D eigenvalue weighted by molar-refractivity contribution is 1.48. The van der Waals surface area contributed by atoms with Crippen molar-refractivity contribution in [1.82, 2.24) is 0 Å². The minimum atomic E-state index is 1.28.